The average Bonchev–Trinajstić information content (AvgIpc) is 2.91. The van der Waals surface area contributed by atoms with Crippen molar-refractivity contribution in [2.75, 3.05) is 23.3 Å². The zero-order valence-electron chi connectivity index (χ0n) is 10.1. The number of halogens is 2. The highest BCUT2D eigenvalue weighted by atomic mass is 79.9. The van der Waals surface area contributed by atoms with Gasteiger partial charge in [0.1, 0.15) is 5.82 Å². The Bertz CT molecular complexity index is 505. The molecule has 1 N–H and O–H groups in total. The predicted molar refractivity (Wildman–Crippen MR) is 74.6 cm³/mol. The standard InChI is InChI=1S/C14H16BrFN2/c15-10-4-13-12(5-11(10)16)17-6-14-9-3-1-2-8(9)7-18(13)14/h4-5,8-9,14,17H,1-3,6-7H2. The van der Waals surface area contributed by atoms with Crippen molar-refractivity contribution >= 4 is 27.3 Å². The number of hydrogen-bond acceptors (Lipinski definition) is 2. The lowest BCUT2D eigenvalue weighted by Crippen LogP contribution is -2.42. The van der Waals surface area contributed by atoms with E-state index in [9.17, 15) is 4.39 Å². The Morgan fingerprint density at radius 1 is 1.33 bits per heavy atom. The maximum atomic E-state index is 13.6. The van der Waals surface area contributed by atoms with E-state index >= 15 is 0 Å². The molecule has 0 bridgehead atoms. The summed E-state index contributed by atoms with van der Waals surface area (Å²) < 4.78 is 14.1. The van der Waals surface area contributed by atoms with E-state index in [2.05, 4.69) is 26.1 Å². The van der Waals surface area contributed by atoms with E-state index in [0.717, 1.165) is 30.6 Å². The third kappa shape index (κ3) is 1.44. The fraction of sp³-hybridized carbons (Fsp3) is 0.571. The molecule has 1 aliphatic carbocycles. The summed E-state index contributed by atoms with van der Waals surface area (Å²) >= 11 is 3.30. The number of rotatable bonds is 0. The minimum atomic E-state index is -0.181. The van der Waals surface area contributed by atoms with Gasteiger partial charge >= 0.3 is 0 Å². The molecule has 0 amide bonds. The van der Waals surface area contributed by atoms with E-state index in [0.29, 0.717) is 10.5 Å². The first-order valence-electron chi connectivity index (χ1n) is 6.73. The topological polar surface area (TPSA) is 15.3 Å². The number of nitrogens with one attached hydrogen (secondary N) is 1. The minimum Gasteiger partial charge on any atom is -0.381 e. The van der Waals surface area contributed by atoms with E-state index in [1.54, 1.807) is 6.07 Å². The lowest BCUT2D eigenvalue weighted by atomic mass is 9.93. The summed E-state index contributed by atoms with van der Waals surface area (Å²) in [5.74, 6) is 1.51. The lowest BCUT2D eigenvalue weighted by molar-refractivity contribution is 0.429. The number of anilines is 2. The summed E-state index contributed by atoms with van der Waals surface area (Å²) in [6.45, 7) is 2.12. The zero-order chi connectivity index (χ0) is 12.3. The minimum absolute atomic E-state index is 0.181. The van der Waals surface area contributed by atoms with Crippen LogP contribution in [0.3, 0.4) is 0 Å². The van der Waals surface area contributed by atoms with Gasteiger partial charge in [-0.15, -0.1) is 0 Å². The third-order valence-corrected chi connectivity index (χ3v) is 5.50. The van der Waals surface area contributed by atoms with E-state index in [4.69, 9.17) is 0 Å². The van der Waals surface area contributed by atoms with Crippen molar-refractivity contribution in [2.24, 2.45) is 11.8 Å². The van der Waals surface area contributed by atoms with Crippen molar-refractivity contribution in [1.29, 1.82) is 0 Å². The van der Waals surface area contributed by atoms with Crippen LogP contribution in [0, 0.1) is 17.7 Å². The summed E-state index contributed by atoms with van der Waals surface area (Å²) in [5, 5.41) is 3.41. The molecule has 1 aromatic rings. The average molecular weight is 311 g/mol. The molecule has 3 atom stereocenters. The van der Waals surface area contributed by atoms with Crippen molar-refractivity contribution in [1.82, 2.24) is 0 Å². The summed E-state index contributed by atoms with van der Waals surface area (Å²) in [4.78, 5) is 2.50. The van der Waals surface area contributed by atoms with Crippen LogP contribution in [0.15, 0.2) is 16.6 Å². The predicted octanol–water partition coefficient (Wildman–Crippen LogP) is 3.62. The van der Waals surface area contributed by atoms with Gasteiger partial charge in [0.05, 0.1) is 15.8 Å². The number of fused-ring (bicyclic) bond motifs is 5. The number of benzene rings is 1. The first-order valence-corrected chi connectivity index (χ1v) is 7.53. The van der Waals surface area contributed by atoms with Crippen LogP contribution < -0.4 is 10.2 Å². The SMILES string of the molecule is Fc1cc2c(cc1Br)N1CC3CCCC3C1CN2. The van der Waals surface area contributed by atoms with Gasteiger partial charge in [-0.3, -0.25) is 0 Å². The highest BCUT2D eigenvalue weighted by molar-refractivity contribution is 9.10. The van der Waals surface area contributed by atoms with Gasteiger partial charge in [0.2, 0.25) is 0 Å². The molecule has 18 heavy (non-hydrogen) atoms. The van der Waals surface area contributed by atoms with Crippen molar-refractivity contribution < 1.29 is 4.39 Å². The molecule has 1 aromatic carbocycles. The van der Waals surface area contributed by atoms with Crippen LogP contribution in [0.4, 0.5) is 15.8 Å². The second kappa shape index (κ2) is 3.86. The van der Waals surface area contributed by atoms with Crippen LogP contribution in [-0.4, -0.2) is 19.1 Å². The molecule has 96 valence electrons. The molecule has 2 heterocycles. The number of nitrogens with zero attached hydrogens (tertiary/aromatic N) is 1. The number of hydrogen-bond donors (Lipinski definition) is 1. The molecular weight excluding hydrogens is 295 g/mol. The van der Waals surface area contributed by atoms with Gasteiger partial charge in [-0.1, -0.05) is 6.42 Å². The van der Waals surface area contributed by atoms with E-state index < -0.39 is 0 Å². The van der Waals surface area contributed by atoms with Gasteiger partial charge < -0.3 is 10.2 Å². The van der Waals surface area contributed by atoms with E-state index in [1.807, 2.05) is 6.07 Å². The molecule has 1 saturated heterocycles. The molecule has 2 nitrogen and oxygen atoms in total. The van der Waals surface area contributed by atoms with Crippen molar-refractivity contribution in [3.8, 4) is 0 Å². The van der Waals surface area contributed by atoms with E-state index in [-0.39, 0.29) is 5.82 Å². The Morgan fingerprint density at radius 2 is 2.22 bits per heavy atom. The molecule has 1 saturated carbocycles. The second-order valence-corrected chi connectivity index (χ2v) is 6.59. The highest BCUT2D eigenvalue weighted by Crippen LogP contribution is 2.48. The first kappa shape index (κ1) is 11.1. The highest BCUT2D eigenvalue weighted by Gasteiger charge is 2.46. The molecule has 2 fully saturated rings. The second-order valence-electron chi connectivity index (χ2n) is 5.74. The molecule has 4 rings (SSSR count). The summed E-state index contributed by atoms with van der Waals surface area (Å²) in [7, 11) is 0. The smallest absolute Gasteiger partial charge is 0.139 e. The maximum absolute atomic E-state index is 13.6. The van der Waals surface area contributed by atoms with Gasteiger partial charge in [0.25, 0.3) is 0 Å². The summed E-state index contributed by atoms with van der Waals surface area (Å²) in [5.41, 5.74) is 2.13. The largest absolute Gasteiger partial charge is 0.381 e. The fourth-order valence-electron chi connectivity index (χ4n) is 4.09. The van der Waals surface area contributed by atoms with Crippen LogP contribution in [0.1, 0.15) is 19.3 Å². The molecule has 0 aromatic heterocycles. The van der Waals surface area contributed by atoms with Crippen LogP contribution in [0.2, 0.25) is 0 Å². The van der Waals surface area contributed by atoms with Crippen molar-refractivity contribution in [3.05, 3.63) is 22.4 Å². The van der Waals surface area contributed by atoms with Crippen LogP contribution in [0.5, 0.6) is 0 Å². The van der Waals surface area contributed by atoms with Crippen LogP contribution >= 0.6 is 15.9 Å². The van der Waals surface area contributed by atoms with Crippen LogP contribution in [0.25, 0.3) is 0 Å². The molecule has 0 spiro atoms. The molecule has 0 radical (unpaired) electrons. The molecule has 3 aliphatic rings. The first-order chi connectivity index (χ1) is 8.74. The van der Waals surface area contributed by atoms with Gasteiger partial charge in [0, 0.05) is 25.2 Å². The Balaban J connectivity index is 1.76. The molecule has 2 aliphatic heterocycles. The maximum Gasteiger partial charge on any atom is 0.139 e. The monoisotopic (exact) mass is 310 g/mol. The van der Waals surface area contributed by atoms with E-state index in [1.165, 1.54) is 24.9 Å². The Labute approximate surface area is 115 Å². The quantitative estimate of drug-likeness (QED) is 0.787. The molecule has 4 heteroatoms. The van der Waals surface area contributed by atoms with Crippen LogP contribution in [-0.2, 0) is 0 Å². The van der Waals surface area contributed by atoms with Gasteiger partial charge in [-0.05, 0) is 46.7 Å². The fourth-order valence-corrected chi connectivity index (χ4v) is 4.42. The van der Waals surface area contributed by atoms with Gasteiger partial charge in [-0.25, -0.2) is 4.39 Å². The summed E-state index contributed by atoms with van der Waals surface area (Å²) in [6.07, 6.45) is 4.13. The third-order valence-electron chi connectivity index (χ3n) is 4.89. The summed E-state index contributed by atoms with van der Waals surface area (Å²) in [6, 6.07) is 4.16. The lowest BCUT2D eigenvalue weighted by Gasteiger charge is -2.36. The normalized spacial score (nSPS) is 32.8. The Kier molecular flexibility index (Phi) is 2.38. The van der Waals surface area contributed by atoms with Gasteiger partial charge in [-0.2, -0.15) is 0 Å². The Morgan fingerprint density at radius 3 is 3.11 bits per heavy atom. The van der Waals surface area contributed by atoms with Crippen molar-refractivity contribution in [3.63, 3.8) is 0 Å². The molecular formula is C14H16BrFN2. The Hall–Kier alpha value is -0.770. The van der Waals surface area contributed by atoms with Crippen molar-refractivity contribution in [2.45, 2.75) is 25.3 Å². The zero-order valence-corrected chi connectivity index (χ0v) is 11.7. The molecule has 3 unspecified atom stereocenters. The van der Waals surface area contributed by atoms with Gasteiger partial charge in [0.15, 0.2) is 0 Å².